The van der Waals surface area contributed by atoms with E-state index in [4.69, 9.17) is 0 Å². The van der Waals surface area contributed by atoms with Crippen LogP contribution in [-0.2, 0) is 6.42 Å². The van der Waals surface area contributed by atoms with Crippen LogP contribution in [-0.4, -0.2) is 22.4 Å². The molecule has 142 valence electrons. The molecule has 2 heterocycles. The number of para-hydroxylation sites is 1. The van der Waals surface area contributed by atoms with E-state index in [-0.39, 0.29) is 11.6 Å². The molecule has 4 rings (SSSR count). The number of amides is 1. The SMILES string of the molecule is Cc1nc(Nc2ccc(F)c(F)c2)cc(C(=O)N2CCCc3ccccc32)n1. The summed E-state index contributed by atoms with van der Waals surface area (Å²) in [6.07, 6.45) is 1.82. The van der Waals surface area contributed by atoms with Crippen LogP contribution in [0.4, 0.5) is 26.0 Å². The topological polar surface area (TPSA) is 58.1 Å². The van der Waals surface area contributed by atoms with Crippen LogP contribution < -0.4 is 10.2 Å². The summed E-state index contributed by atoms with van der Waals surface area (Å²) in [7, 11) is 0. The smallest absolute Gasteiger partial charge is 0.277 e. The highest BCUT2D eigenvalue weighted by Crippen LogP contribution is 2.28. The molecular weight excluding hydrogens is 362 g/mol. The number of halogens is 2. The summed E-state index contributed by atoms with van der Waals surface area (Å²) in [6.45, 7) is 2.29. The van der Waals surface area contributed by atoms with Crippen molar-refractivity contribution < 1.29 is 13.6 Å². The van der Waals surface area contributed by atoms with Crippen LogP contribution in [0.3, 0.4) is 0 Å². The number of carbonyl (C=O) groups excluding carboxylic acids is 1. The average Bonchev–Trinajstić information content (AvgIpc) is 2.69. The molecule has 0 fully saturated rings. The molecule has 1 aromatic heterocycles. The Morgan fingerprint density at radius 1 is 1.07 bits per heavy atom. The van der Waals surface area contributed by atoms with Crippen molar-refractivity contribution in [2.75, 3.05) is 16.8 Å². The van der Waals surface area contributed by atoms with Gasteiger partial charge in [0, 0.05) is 30.1 Å². The molecule has 0 saturated heterocycles. The quantitative estimate of drug-likeness (QED) is 0.732. The Kier molecular flexibility index (Phi) is 4.73. The highest BCUT2D eigenvalue weighted by molar-refractivity contribution is 6.05. The van der Waals surface area contributed by atoms with Gasteiger partial charge >= 0.3 is 0 Å². The number of nitrogens with zero attached hydrogens (tertiary/aromatic N) is 3. The molecule has 1 N–H and O–H groups in total. The van der Waals surface area contributed by atoms with Gasteiger partial charge in [-0.1, -0.05) is 18.2 Å². The molecule has 0 bridgehead atoms. The second-order valence-electron chi connectivity index (χ2n) is 6.63. The molecule has 0 aliphatic carbocycles. The van der Waals surface area contributed by atoms with Gasteiger partial charge in [-0.3, -0.25) is 4.79 Å². The first kappa shape index (κ1) is 18.0. The number of benzene rings is 2. The third kappa shape index (κ3) is 3.55. The van der Waals surface area contributed by atoms with Crippen molar-refractivity contribution in [1.82, 2.24) is 9.97 Å². The van der Waals surface area contributed by atoms with Gasteiger partial charge in [0.15, 0.2) is 11.6 Å². The van der Waals surface area contributed by atoms with Gasteiger partial charge in [0.05, 0.1) is 0 Å². The normalized spacial score (nSPS) is 13.2. The third-order valence-electron chi connectivity index (χ3n) is 4.60. The van der Waals surface area contributed by atoms with E-state index in [1.54, 1.807) is 11.8 Å². The second-order valence-corrected chi connectivity index (χ2v) is 6.63. The highest BCUT2D eigenvalue weighted by Gasteiger charge is 2.24. The van der Waals surface area contributed by atoms with E-state index >= 15 is 0 Å². The first-order valence-corrected chi connectivity index (χ1v) is 8.99. The summed E-state index contributed by atoms with van der Waals surface area (Å²) in [6, 6.07) is 12.8. The molecule has 7 heteroatoms. The van der Waals surface area contributed by atoms with Crippen LogP contribution in [0.15, 0.2) is 48.5 Å². The van der Waals surface area contributed by atoms with Gasteiger partial charge in [0.25, 0.3) is 5.91 Å². The van der Waals surface area contributed by atoms with Crippen LogP contribution in [0.25, 0.3) is 0 Å². The predicted octanol–water partition coefficient (Wildman–Crippen LogP) is 4.40. The lowest BCUT2D eigenvalue weighted by Gasteiger charge is -2.29. The maximum Gasteiger partial charge on any atom is 0.277 e. The van der Waals surface area contributed by atoms with Gasteiger partial charge in [0.1, 0.15) is 17.3 Å². The van der Waals surface area contributed by atoms with Crippen LogP contribution in [0.1, 0.15) is 28.3 Å². The van der Waals surface area contributed by atoms with Crippen molar-refractivity contribution in [3.05, 3.63) is 77.2 Å². The van der Waals surface area contributed by atoms with E-state index < -0.39 is 11.6 Å². The maximum absolute atomic E-state index is 13.4. The molecule has 28 heavy (non-hydrogen) atoms. The van der Waals surface area contributed by atoms with Crippen LogP contribution in [0.2, 0.25) is 0 Å². The van der Waals surface area contributed by atoms with Gasteiger partial charge < -0.3 is 10.2 Å². The number of aromatic nitrogens is 2. The van der Waals surface area contributed by atoms with E-state index in [0.29, 0.717) is 23.9 Å². The Labute approximate surface area is 161 Å². The zero-order chi connectivity index (χ0) is 19.7. The van der Waals surface area contributed by atoms with Crippen LogP contribution >= 0.6 is 0 Å². The summed E-state index contributed by atoms with van der Waals surface area (Å²) in [5, 5.41) is 2.90. The third-order valence-corrected chi connectivity index (χ3v) is 4.60. The van der Waals surface area contributed by atoms with E-state index in [0.717, 1.165) is 36.2 Å². The summed E-state index contributed by atoms with van der Waals surface area (Å²) in [5.41, 5.74) is 2.60. The molecule has 2 aromatic carbocycles. The molecule has 1 amide bonds. The van der Waals surface area contributed by atoms with E-state index in [9.17, 15) is 13.6 Å². The number of hydrogen-bond acceptors (Lipinski definition) is 4. The Morgan fingerprint density at radius 2 is 1.89 bits per heavy atom. The molecule has 3 aromatic rings. The van der Waals surface area contributed by atoms with Crippen LogP contribution in [0.5, 0.6) is 0 Å². The fourth-order valence-electron chi connectivity index (χ4n) is 3.35. The van der Waals surface area contributed by atoms with Gasteiger partial charge in [-0.2, -0.15) is 0 Å². The Morgan fingerprint density at radius 3 is 2.71 bits per heavy atom. The van der Waals surface area contributed by atoms with Gasteiger partial charge in [-0.25, -0.2) is 18.7 Å². The van der Waals surface area contributed by atoms with E-state index in [2.05, 4.69) is 15.3 Å². The minimum Gasteiger partial charge on any atom is -0.340 e. The molecule has 0 saturated carbocycles. The minimum absolute atomic E-state index is 0.217. The number of rotatable bonds is 3. The molecule has 1 aliphatic heterocycles. The summed E-state index contributed by atoms with van der Waals surface area (Å²) in [5.74, 6) is -1.36. The first-order chi connectivity index (χ1) is 13.5. The number of anilines is 3. The molecular formula is C21H18F2N4O. The number of carbonyl (C=O) groups is 1. The Hall–Kier alpha value is -3.35. The Bertz CT molecular complexity index is 1050. The van der Waals surface area contributed by atoms with Crippen molar-refractivity contribution in [3.63, 3.8) is 0 Å². The maximum atomic E-state index is 13.4. The summed E-state index contributed by atoms with van der Waals surface area (Å²) >= 11 is 0. The lowest BCUT2D eigenvalue weighted by Crippen LogP contribution is -2.36. The molecule has 1 aliphatic rings. The minimum atomic E-state index is -0.961. The van der Waals surface area contributed by atoms with Gasteiger partial charge in [-0.05, 0) is 43.5 Å². The highest BCUT2D eigenvalue weighted by atomic mass is 19.2. The zero-order valence-corrected chi connectivity index (χ0v) is 15.2. The molecule has 0 radical (unpaired) electrons. The summed E-state index contributed by atoms with van der Waals surface area (Å²) < 4.78 is 26.6. The standard InChI is InChI=1S/C21H18F2N4O/c1-13-24-18(12-20(25-13)26-15-8-9-16(22)17(23)11-15)21(28)27-10-4-6-14-5-2-3-7-19(14)27/h2-3,5,7-9,11-12H,4,6,10H2,1H3,(H,24,25,26). The van der Waals surface area contributed by atoms with Crippen molar-refractivity contribution in [2.24, 2.45) is 0 Å². The predicted molar refractivity (Wildman–Crippen MR) is 103 cm³/mol. The van der Waals surface area contributed by atoms with Crippen LogP contribution in [0, 0.1) is 18.6 Å². The fourth-order valence-corrected chi connectivity index (χ4v) is 3.35. The fraction of sp³-hybridized carbons (Fsp3) is 0.190. The molecule has 0 unspecified atom stereocenters. The number of fused-ring (bicyclic) bond motifs is 1. The summed E-state index contributed by atoms with van der Waals surface area (Å²) in [4.78, 5) is 23.4. The largest absolute Gasteiger partial charge is 0.340 e. The van der Waals surface area contributed by atoms with E-state index in [1.807, 2.05) is 24.3 Å². The zero-order valence-electron chi connectivity index (χ0n) is 15.2. The number of aryl methyl sites for hydroxylation is 2. The number of hydrogen-bond donors (Lipinski definition) is 1. The van der Waals surface area contributed by atoms with E-state index in [1.165, 1.54) is 12.1 Å². The second kappa shape index (κ2) is 7.34. The first-order valence-electron chi connectivity index (χ1n) is 8.99. The average molecular weight is 380 g/mol. The van der Waals surface area contributed by atoms with Gasteiger partial charge in [-0.15, -0.1) is 0 Å². The lowest BCUT2D eigenvalue weighted by atomic mass is 10.0. The van der Waals surface area contributed by atoms with Crippen molar-refractivity contribution in [3.8, 4) is 0 Å². The lowest BCUT2D eigenvalue weighted by molar-refractivity contribution is 0.0980. The molecule has 0 atom stereocenters. The molecule has 0 spiro atoms. The number of nitrogens with one attached hydrogen (secondary N) is 1. The Balaban J connectivity index is 1.64. The van der Waals surface area contributed by atoms with Crippen molar-refractivity contribution in [2.45, 2.75) is 19.8 Å². The van der Waals surface area contributed by atoms with Crippen molar-refractivity contribution in [1.29, 1.82) is 0 Å². The van der Waals surface area contributed by atoms with Gasteiger partial charge in [0.2, 0.25) is 0 Å². The molecule has 5 nitrogen and oxygen atoms in total. The monoisotopic (exact) mass is 380 g/mol. The van der Waals surface area contributed by atoms with Crippen molar-refractivity contribution >= 4 is 23.1 Å².